The molecule has 0 N–H and O–H groups in total. The lowest BCUT2D eigenvalue weighted by Crippen LogP contribution is -2.29. The van der Waals surface area contributed by atoms with Crippen molar-refractivity contribution in [2.75, 3.05) is 0 Å². The van der Waals surface area contributed by atoms with E-state index in [-0.39, 0.29) is 18.3 Å². The molecule has 0 fully saturated rings. The summed E-state index contributed by atoms with van der Waals surface area (Å²) in [6.45, 7) is 10.9. The standard InChI is InChI=1S/C30H30.C2H6.CH4/c1-22-10-8-11-23(18-17-22)30(24-12-9-20-29(2,3)21-19-24)27-15-6-4-13-25(27)26-14-5-7-16-28(26)30;1-2;/h4-9,11-16,18-22H,10,17H2,1-3H3;1-2H3;1H4. The zero-order valence-electron chi connectivity index (χ0n) is 20.2. The van der Waals surface area contributed by atoms with Crippen molar-refractivity contribution in [3.8, 4) is 11.1 Å². The molecule has 0 aliphatic heterocycles. The molecular weight excluding hydrogens is 396 g/mol. The quantitative estimate of drug-likeness (QED) is 0.439. The fourth-order valence-electron chi connectivity index (χ4n) is 5.29. The van der Waals surface area contributed by atoms with Gasteiger partial charge in [-0.15, -0.1) is 0 Å². The Morgan fingerprint density at radius 1 is 0.758 bits per heavy atom. The van der Waals surface area contributed by atoms with Crippen molar-refractivity contribution in [3.05, 3.63) is 119 Å². The van der Waals surface area contributed by atoms with Crippen molar-refractivity contribution in [1.29, 1.82) is 0 Å². The minimum Gasteiger partial charge on any atom is -0.0839 e. The second kappa shape index (κ2) is 9.96. The molecule has 172 valence electrons. The van der Waals surface area contributed by atoms with Crippen LogP contribution in [-0.4, -0.2) is 0 Å². The zero-order valence-corrected chi connectivity index (χ0v) is 20.2. The van der Waals surface area contributed by atoms with Gasteiger partial charge in [0.1, 0.15) is 0 Å². The molecule has 1 unspecified atom stereocenters. The first-order valence-corrected chi connectivity index (χ1v) is 12.2. The van der Waals surface area contributed by atoms with Gasteiger partial charge in [-0.1, -0.05) is 139 Å². The van der Waals surface area contributed by atoms with E-state index in [0.29, 0.717) is 5.92 Å². The fraction of sp³-hybridized carbons (Fsp3) is 0.333. The van der Waals surface area contributed by atoms with Crippen LogP contribution in [-0.2, 0) is 5.41 Å². The van der Waals surface area contributed by atoms with E-state index in [1.54, 1.807) is 0 Å². The second-order valence-corrected chi connectivity index (χ2v) is 9.62. The van der Waals surface area contributed by atoms with E-state index in [1.807, 2.05) is 13.8 Å². The Bertz CT molecular complexity index is 1080. The Morgan fingerprint density at radius 2 is 1.36 bits per heavy atom. The van der Waals surface area contributed by atoms with E-state index in [2.05, 4.69) is 118 Å². The van der Waals surface area contributed by atoms with Crippen LogP contribution < -0.4 is 0 Å². The average Bonchev–Trinajstić information content (AvgIpc) is 2.94. The maximum atomic E-state index is 2.50. The van der Waals surface area contributed by atoms with E-state index in [0.717, 1.165) is 12.8 Å². The van der Waals surface area contributed by atoms with Crippen LogP contribution in [0.4, 0.5) is 0 Å². The Kier molecular flexibility index (Phi) is 7.48. The van der Waals surface area contributed by atoms with Gasteiger partial charge < -0.3 is 0 Å². The van der Waals surface area contributed by atoms with E-state index < -0.39 is 0 Å². The van der Waals surface area contributed by atoms with Crippen LogP contribution in [0.2, 0.25) is 0 Å². The maximum absolute atomic E-state index is 2.50. The molecule has 0 amide bonds. The maximum Gasteiger partial charge on any atom is 0.0710 e. The van der Waals surface area contributed by atoms with Crippen molar-refractivity contribution < 1.29 is 0 Å². The third-order valence-electron chi connectivity index (χ3n) is 6.89. The van der Waals surface area contributed by atoms with Crippen molar-refractivity contribution in [3.63, 3.8) is 0 Å². The summed E-state index contributed by atoms with van der Waals surface area (Å²) < 4.78 is 0. The van der Waals surface area contributed by atoms with Crippen molar-refractivity contribution in [2.24, 2.45) is 11.3 Å². The highest BCUT2D eigenvalue weighted by atomic mass is 14.5. The molecule has 3 aliphatic carbocycles. The van der Waals surface area contributed by atoms with Gasteiger partial charge in [0.05, 0.1) is 5.41 Å². The molecule has 5 rings (SSSR count). The molecule has 0 bridgehead atoms. The minimum absolute atomic E-state index is 0. The average molecular weight is 437 g/mol. The van der Waals surface area contributed by atoms with Crippen molar-refractivity contribution >= 4 is 0 Å². The monoisotopic (exact) mass is 436 g/mol. The van der Waals surface area contributed by atoms with Crippen LogP contribution in [0.25, 0.3) is 11.1 Å². The second-order valence-electron chi connectivity index (χ2n) is 9.62. The number of hydrogen-bond donors (Lipinski definition) is 0. The Hall–Kier alpha value is -2.86. The lowest BCUT2D eigenvalue weighted by atomic mass is 9.66. The van der Waals surface area contributed by atoms with Gasteiger partial charge in [0.25, 0.3) is 0 Å². The summed E-state index contributed by atoms with van der Waals surface area (Å²) in [5.41, 5.74) is 8.08. The summed E-state index contributed by atoms with van der Waals surface area (Å²) in [7, 11) is 0. The number of hydrogen-bond acceptors (Lipinski definition) is 0. The highest BCUT2D eigenvalue weighted by Crippen LogP contribution is 2.57. The summed E-state index contributed by atoms with van der Waals surface area (Å²) in [5, 5.41) is 0. The molecule has 1 atom stereocenters. The molecular formula is C33H40. The minimum atomic E-state index is -0.269. The molecule has 3 aliphatic rings. The van der Waals surface area contributed by atoms with Crippen LogP contribution in [0.1, 0.15) is 66.0 Å². The van der Waals surface area contributed by atoms with Crippen molar-refractivity contribution in [1.82, 2.24) is 0 Å². The van der Waals surface area contributed by atoms with Crippen LogP contribution in [0, 0.1) is 11.3 Å². The zero-order chi connectivity index (χ0) is 22.8. The van der Waals surface area contributed by atoms with Gasteiger partial charge in [-0.25, -0.2) is 0 Å². The summed E-state index contributed by atoms with van der Waals surface area (Å²) in [6, 6.07) is 18.0. The normalized spacial score (nSPS) is 21.2. The lowest BCUT2D eigenvalue weighted by Gasteiger charge is -2.35. The van der Waals surface area contributed by atoms with Crippen molar-refractivity contribution in [2.45, 2.75) is 60.3 Å². The van der Waals surface area contributed by atoms with Crippen LogP contribution in [0.15, 0.2) is 108 Å². The number of rotatable bonds is 2. The molecule has 2 aromatic carbocycles. The molecule has 0 spiro atoms. The Balaban J connectivity index is 0.000000994. The Morgan fingerprint density at radius 3 is 2.00 bits per heavy atom. The first-order valence-electron chi connectivity index (χ1n) is 12.2. The molecule has 0 heterocycles. The van der Waals surface area contributed by atoms with Gasteiger partial charge in [0.2, 0.25) is 0 Å². The lowest BCUT2D eigenvalue weighted by molar-refractivity contribution is 0.604. The molecule has 0 saturated heterocycles. The summed E-state index contributed by atoms with van der Waals surface area (Å²) in [6.07, 6.45) is 21.2. The van der Waals surface area contributed by atoms with Crippen LogP contribution in [0.5, 0.6) is 0 Å². The smallest absolute Gasteiger partial charge is 0.0710 e. The van der Waals surface area contributed by atoms with Gasteiger partial charge in [-0.3, -0.25) is 0 Å². The topological polar surface area (TPSA) is 0 Å². The SMILES string of the molecule is C.CC.CC1CC=CC(C2(C3=CC=CC(C)(C)C=C3)c3ccccc3-c3ccccc32)=CC1. The molecule has 0 saturated carbocycles. The number of benzene rings is 2. The highest BCUT2D eigenvalue weighted by molar-refractivity contribution is 5.87. The predicted molar refractivity (Wildman–Crippen MR) is 147 cm³/mol. The summed E-state index contributed by atoms with van der Waals surface area (Å²) in [5.74, 6) is 0.681. The summed E-state index contributed by atoms with van der Waals surface area (Å²) in [4.78, 5) is 0. The van der Waals surface area contributed by atoms with E-state index in [1.165, 1.54) is 33.4 Å². The van der Waals surface area contributed by atoms with E-state index >= 15 is 0 Å². The van der Waals surface area contributed by atoms with Gasteiger partial charge in [0.15, 0.2) is 0 Å². The highest BCUT2D eigenvalue weighted by Gasteiger charge is 2.47. The van der Waals surface area contributed by atoms with Gasteiger partial charge in [-0.2, -0.15) is 0 Å². The third-order valence-corrected chi connectivity index (χ3v) is 6.89. The molecule has 0 radical (unpaired) electrons. The van der Waals surface area contributed by atoms with Crippen LogP contribution in [0.3, 0.4) is 0 Å². The molecule has 0 aromatic heterocycles. The Labute approximate surface area is 202 Å². The third kappa shape index (κ3) is 4.24. The number of allylic oxidation sites excluding steroid dienone is 10. The molecule has 0 heteroatoms. The van der Waals surface area contributed by atoms with Gasteiger partial charge in [0, 0.05) is 5.41 Å². The first kappa shape index (κ1) is 24.8. The first-order chi connectivity index (χ1) is 15.5. The molecule has 0 nitrogen and oxygen atoms in total. The number of fused-ring (bicyclic) bond motifs is 3. The summed E-state index contributed by atoms with van der Waals surface area (Å²) >= 11 is 0. The van der Waals surface area contributed by atoms with Gasteiger partial charge in [-0.05, 0) is 52.2 Å². The molecule has 33 heavy (non-hydrogen) atoms. The van der Waals surface area contributed by atoms with E-state index in [9.17, 15) is 0 Å². The largest absolute Gasteiger partial charge is 0.0839 e. The van der Waals surface area contributed by atoms with Gasteiger partial charge >= 0.3 is 0 Å². The molecule has 2 aromatic rings. The van der Waals surface area contributed by atoms with E-state index in [4.69, 9.17) is 0 Å². The predicted octanol–water partition coefficient (Wildman–Crippen LogP) is 9.61. The van der Waals surface area contributed by atoms with Crippen LogP contribution >= 0.6 is 0 Å². The fourth-order valence-corrected chi connectivity index (χ4v) is 5.29.